The Morgan fingerprint density at radius 2 is 1.89 bits per heavy atom. The monoisotopic (exact) mass is 396 g/mol. The molecular weight excluding hydrogens is 364 g/mol. The minimum Gasteiger partial charge on any atom is -0.372 e. The van der Waals surface area contributed by atoms with Crippen molar-refractivity contribution in [3.63, 3.8) is 0 Å². The third-order valence-electron chi connectivity index (χ3n) is 5.50. The van der Waals surface area contributed by atoms with Crippen LogP contribution in [0.25, 0.3) is 0 Å². The zero-order valence-corrected chi connectivity index (χ0v) is 18.1. The summed E-state index contributed by atoms with van der Waals surface area (Å²) in [5.41, 5.74) is 4.99. The van der Waals surface area contributed by atoms with E-state index in [1.807, 2.05) is 0 Å². The highest BCUT2D eigenvalue weighted by Gasteiger charge is 2.16. The van der Waals surface area contributed by atoms with Crippen molar-refractivity contribution in [3.05, 3.63) is 65.2 Å². The molecule has 1 atom stereocenters. The van der Waals surface area contributed by atoms with Crippen molar-refractivity contribution in [3.8, 4) is 0 Å². The van der Waals surface area contributed by atoms with Gasteiger partial charge >= 0.3 is 0 Å². The maximum atomic E-state index is 12.3. The van der Waals surface area contributed by atoms with E-state index in [0.29, 0.717) is 5.75 Å². The standard InChI is InChI=1S/C24H32N2OS/c1-18-11-13-26(14-12-18)23-9-7-22(8-10-23)20(3)25-24(27)17-28-16-21-6-4-5-19(2)15-21/h4-10,15,18,20H,11-14,16-17H2,1-3H3,(H,25,27)/t20-/m1/s1. The average molecular weight is 397 g/mol. The predicted molar refractivity (Wildman–Crippen MR) is 121 cm³/mol. The topological polar surface area (TPSA) is 32.3 Å². The number of carbonyl (C=O) groups excluding carboxylic acids is 1. The van der Waals surface area contributed by atoms with Crippen LogP contribution in [0.2, 0.25) is 0 Å². The average Bonchev–Trinajstić information content (AvgIpc) is 2.69. The molecule has 1 heterocycles. The first-order valence-corrected chi connectivity index (χ1v) is 11.4. The van der Waals surface area contributed by atoms with Gasteiger partial charge in [0.25, 0.3) is 0 Å². The Bertz CT molecular complexity index is 766. The lowest BCUT2D eigenvalue weighted by Gasteiger charge is -2.32. The number of anilines is 1. The SMILES string of the molecule is Cc1cccc(CSCC(=O)N[C@H](C)c2ccc(N3CCC(C)CC3)cc2)c1. The smallest absolute Gasteiger partial charge is 0.230 e. The molecule has 0 saturated carbocycles. The number of benzene rings is 2. The third-order valence-corrected chi connectivity index (χ3v) is 6.51. The summed E-state index contributed by atoms with van der Waals surface area (Å²) in [6.07, 6.45) is 2.54. The van der Waals surface area contributed by atoms with Crippen LogP contribution in [-0.2, 0) is 10.5 Å². The molecule has 1 aliphatic heterocycles. The minimum absolute atomic E-state index is 0.0301. The summed E-state index contributed by atoms with van der Waals surface area (Å²) < 4.78 is 0. The first-order valence-electron chi connectivity index (χ1n) is 10.3. The molecule has 0 aromatic heterocycles. The Morgan fingerprint density at radius 1 is 1.18 bits per heavy atom. The number of hydrogen-bond acceptors (Lipinski definition) is 3. The molecule has 2 aromatic carbocycles. The number of nitrogens with one attached hydrogen (secondary N) is 1. The molecule has 28 heavy (non-hydrogen) atoms. The second kappa shape index (κ2) is 10.0. The van der Waals surface area contributed by atoms with Crippen molar-refractivity contribution >= 4 is 23.4 Å². The van der Waals surface area contributed by atoms with Crippen LogP contribution in [0.15, 0.2) is 48.5 Å². The zero-order valence-electron chi connectivity index (χ0n) is 17.3. The van der Waals surface area contributed by atoms with Crippen molar-refractivity contribution in [2.24, 2.45) is 5.92 Å². The zero-order chi connectivity index (χ0) is 19.9. The van der Waals surface area contributed by atoms with Gasteiger partial charge in [0, 0.05) is 24.5 Å². The number of hydrogen-bond donors (Lipinski definition) is 1. The maximum Gasteiger partial charge on any atom is 0.230 e. The number of aryl methyl sites for hydroxylation is 1. The maximum absolute atomic E-state index is 12.3. The van der Waals surface area contributed by atoms with Crippen LogP contribution in [0.4, 0.5) is 5.69 Å². The first-order chi connectivity index (χ1) is 13.5. The van der Waals surface area contributed by atoms with Gasteiger partial charge < -0.3 is 10.2 Å². The molecule has 0 aliphatic carbocycles. The molecule has 150 valence electrons. The molecule has 0 spiro atoms. The summed E-state index contributed by atoms with van der Waals surface area (Å²) in [5, 5.41) is 3.13. The molecule has 1 amide bonds. The Labute approximate surface area is 173 Å². The highest BCUT2D eigenvalue weighted by molar-refractivity contribution is 7.99. The van der Waals surface area contributed by atoms with Gasteiger partial charge in [-0.15, -0.1) is 11.8 Å². The third kappa shape index (κ3) is 6.03. The van der Waals surface area contributed by atoms with Gasteiger partial charge in [-0.2, -0.15) is 0 Å². The van der Waals surface area contributed by atoms with E-state index < -0.39 is 0 Å². The van der Waals surface area contributed by atoms with Crippen molar-refractivity contribution < 1.29 is 4.79 Å². The fraction of sp³-hybridized carbons (Fsp3) is 0.458. The van der Waals surface area contributed by atoms with Gasteiger partial charge in [0.1, 0.15) is 0 Å². The Hall–Kier alpha value is -1.94. The summed E-state index contributed by atoms with van der Waals surface area (Å²) in [5.74, 6) is 2.29. The Morgan fingerprint density at radius 3 is 2.57 bits per heavy atom. The summed E-state index contributed by atoms with van der Waals surface area (Å²) in [4.78, 5) is 14.8. The van der Waals surface area contributed by atoms with Crippen LogP contribution in [0, 0.1) is 12.8 Å². The van der Waals surface area contributed by atoms with Crippen molar-refractivity contribution in [2.45, 2.75) is 45.4 Å². The molecule has 2 aromatic rings. The molecule has 1 fully saturated rings. The van der Waals surface area contributed by atoms with Gasteiger partial charge in [0.05, 0.1) is 11.8 Å². The van der Waals surface area contributed by atoms with Crippen LogP contribution >= 0.6 is 11.8 Å². The van der Waals surface area contributed by atoms with Gasteiger partial charge in [-0.05, 0) is 55.9 Å². The van der Waals surface area contributed by atoms with E-state index in [2.05, 4.69) is 79.5 Å². The molecule has 0 radical (unpaired) electrons. The summed E-state index contributed by atoms with van der Waals surface area (Å²) in [6, 6.07) is 17.2. The Balaban J connectivity index is 1.44. The van der Waals surface area contributed by atoms with Crippen molar-refractivity contribution in [1.82, 2.24) is 5.32 Å². The molecule has 3 rings (SSSR count). The second-order valence-electron chi connectivity index (χ2n) is 8.03. The van der Waals surface area contributed by atoms with E-state index in [1.165, 1.54) is 29.7 Å². The lowest BCUT2D eigenvalue weighted by molar-refractivity contribution is -0.119. The van der Waals surface area contributed by atoms with Crippen molar-refractivity contribution in [2.75, 3.05) is 23.7 Å². The molecule has 3 nitrogen and oxygen atoms in total. The van der Waals surface area contributed by atoms with E-state index >= 15 is 0 Å². The number of rotatable bonds is 7. The van der Waals surface area contributed by atoms with E-state index in [0.717, 1.165) is 30.3 Å². The van der Waals surface area contributed by atoms with Crippen LogP contribution in [0.5, 0.6) is 0 Å². The number of thioether (sulfide) groups is 1. The first kappa shape index (κ1) is 20.8. The van der Waals surface area contributed by atoms with Crippen LogP contribution < -0.4 is 10.2 Å². The fourth-order valence-electron chi connectivity index (χ4n) is 3.67. The van der Waals surface area contributed by atoms with Gasteiger partial charge in [0.15, 0.2) is 0 Å². The molecule has 0 unspecified atom stereocenters. The molecule has 1 aliphatic rings. The second-order valence-corrected chi connectivity index (χ2v) is 9.02. The van der Waals surface area contributed by atoms with Crippen LogP contribution in [0.3, 0.4) is 0 Å². The van der Waals surface area contributed by atoms with E-state index in [1.54, 1.807) is 11.8 Å². The van der Waals surface area contributed by atoms with Crippen LogP contribution in [-0.4, -0.2) is 24.7 Å². The van der Waals surface area contributed by atoms with Gasteiger partial charge in [-0.3, -0.25) is 4.79 Å². The normalized spacial score (nSPS) is 16.0. The highest BCUT2D eigenvalue weighted by Crippen LogP contribution is 2.24. The quantitative estimate of drug-likeness (QED) is 0.685. The Kier molecular flexibility index (Phi) is 7.43. The summed E-state index contributed by atoms with van der Waals surface area (Å²) >= 11 is 1.66. The van der Waals surface area contributed by atoms with Crippen molar-refractivity contribution in [1.29, 1.82) is 0 Å². The molecule has 0 bridgehead atoms. The van der Waals surface area contributed by atoms with Crippen LogP contribution in [0.1, 0.15) is 49.4 Å². The van der Waals surface area contributed by atoms with E-state index in [4.69, 9.17) is 0 Å². The lowest BCUT2D eigenvalue weighted by Crippen LogP contribution is -2.32. The molecular formula is C24H32N2OS. The van der Waals surface area contributed by atoms with Gasteiger partial charge in [-0.1, -0.05) is 48.9 Å². The van der Waals surface area contributed by atoms with E-state index in [9.17, 15) is 4.79 Å². The number of piperidine rings is 1. The molecule has 4 heteroatoms. The summed E-state index contributed by atoms with van der Waals surface area (Å²) in [7, 11) is 0. The lowest BCUT2D eigenvalue weighted by atomic mass is 9.98. The number of nitrogens with zero attached hydrogens (tertiary/aromatic N) is 1. The summed E-state index contributed by atoms with van der Waals surface area (Å²) in [6.45, 7) is 8.78. The van der Waals surface area contributed by atoms with E-state index in [-0.39, 0.29) is 11.9 Å². The molecule has 1 saturated heterocycles. The fourth-order valence-corrected chi connectivity index (χ4v) is 4.46. The predicted octanol–water partition coefficient (Wildman–Crippen LogP) is 5.34. The molecule has 1 N–H and O–H groups in total. The minimum atomic E-state index is 0.0301. The number of amides is 1. The van der Waals surface area contributed by atoms with Gasteiger partial charge in [-0.25, -0.2) is 0 Å². The number of carbonyl (C=O) groups is 1. The largest absolute Gasteiger partial charge is 0.372 e. The highest BCUT2D eigenvalue weighted by atomic mass is 32.2. The van der Waals surface area contributed by atoms with Gasteiger partial charge in [0.2, 0.25) is 5.91 Å².